The van der Waals surface area contributed by atoms with Gasteiger partial charge >= 0.3 is 0 Å². The fourth-order valence-corrected chi connectivity index (χ4v) is 2.62. The van der Waals surface area contributed by atoms with Crippen LogP contribution >= 0.6 is 0 Å². The largest absolute Gasteiger partial charge is 0.334 e. The maximum Gasteiger partial charge on any atom is 0.254 e. The van der Waals surface area contributed by atoms with Crippen LogP contribution in [0.3, 0.4) is 0 Å². The van der Waals surface area contributed by atoms with Crippen LogP contribution in [0.5, 0.6) is 0 Å². The Morgan fingerprint density at radius 1 is 1.44 bits per heavy atom. The van der Waals surface area contributed by atoms with Crippen molar-refractivity contribution in [1.82, 2.24) is 15.2 Å². The number of nitrogens with one attached hydrogen (secondary N) is 1. The number of likely N-dealkylation sites (tertiary alicyclic amines) is 1. The molecule has 0 bridgehead atoms. The summed E-state index contributed by atoms with van der Waals surface area (Å²) >= 11 is 0. The number of carbonyl (C=O) groups is 1. The van der Waals surface area contributed by atoms with E-state index in [2.05, 4.69) is 10.3 Å². The third-order valence-electron chi connectivity index (χ3n) is 3.61. The van der Waals surface area contributed by atoms with E-state index in [0.29, 0.717) is 12.0 Å². The smallest absolute Gasteiger partial charge is 0.254 e. The van der Waals surface area contributed by atoms with Crippen LogP contribution < -0.4 is 5.32 Å². The molecule has 1 N–H and O–H groups in total. The third-order valence-corrected chi connectivity index (χ3v) is 3.61. The number of amides is 1. The van der Waals surface area contributed by atoms with Crippen LogP contribution in [0, 0.1) is 5.92 Å². The Morgan fingerprint density at radius 3 is 3.00 bits per heavy atom. The quantitative estimate of drug-likeness (QED) is 0.745. The highest BCUT2D eigenvalue weighted by atomic mass is 16.2. The molecule has 1 amide bonds. The zero-order valence-electron chi connectivity index (χ0n) is 9.10. The summed E-state index contributed by atoms with van der Waals surface area (Å²) < 4.78 is 0. The number of hydrogen-bond acceptors (Lipinski definition) is 3. The molecule has 2 aliphatic rings. The summed E-state index contributed by atoms with van der Waals surface area (Å²) in [5.41, 5.74) is 0.749. The lowest BCUT2D eigenvalue weighted by Crippen LogP contribution is -2.65. The monoisotopic (exact) mass is 217 g/mol. The van der Waals surface area contributed by atoms with E-state index in [1.165, 1.54) is 6.42 Å². The summed E-state index contributed by atoms with van der Waals surface area (Å²) in [5.74, 6) is 0.861. The fourth-order valence-electron chi connectivity index (χ4n) is 2.62. The predicted molar refractivity (Wildman–Crippen MR) is 60.0 cm³/mol. The van der Waals surface area contributed by atoms with E-state index in [-0.39, 0.29) is 5.91 Å². The molecule has 3 heterocycles. The molecular formula is C12H15N3O. The van der Waals surface area contributed by atoms with Crippen molar-refractivity contribution in [3.8, 4) is 0 Å². The molecule has 1 aromatic heterocycles. The Balaban J connectivity index is 1.73. The van der Waals surface area contributed by atoms with E-state index in [4.69, 9.17) is 0 Å². The highest BCUT2D eigenvalue weighted by Crippen LogP contribution is 2.30. The minimum absolute atomic E-state index is 0.146. The minimum atomic E-state index is 0.146. The Bertz CT molecular complexity index is 393. The van der Waals surface area contributed by atoms with Crippen molar-refractivity contribution in [1.29, 1.82) is 0 Å². The highest BCUT2D eigenvalue weighted by molar-refractivity contribution is 5.94. The van der Waals surface area contributed by atoms with Gasteiger partial charge in [-0.05, 0) is 31.0 Å². The van der Waals surface area contributed by atoms with E-state index < -0.39 is 0 Å². The summed E-state index contributed by atoms with van der Waals surface area (Å²) in [6.45, 7) is 2.97. The Kier molecular flexibility index (Phi) is 2.36. The lowest BCUT2D eigenvalue weighted by Gasteiger charge is -2.51. The number of pyridine rings is 1. The van der Waals surface area contributed by atoms with Crippen molar-refractivity contribution in [2.75, 3.05) is 19.6 Å². The number of carbonyl (C=O) groups excluding carboxylic acids is 1. The van der Waals surface area contributed by atoms with Crippen LogP contribution in [-0.4, -0.2) is 41.5 Å². The Labute approximate surface area is 94.7 Å². The van der Waals surface area contributed by atoms with Gasteiger partial charge in [-0.3, -0.25) is 9.78 Å². The van der Waals surface area contributed by atoms with Gasteiger partial charge in [-0.15, -0.1) is 0 Å². The van der Waals surface area contributed by atoms with Crippen LogP contribution in [0.2, 0.25) is 0 Å². The van der Waals surface area contributed by atoms with E-state index >= 15 is 0 Å². The average Bonchev–Trinajstić information content (AvgIpc) is 2.32. The first-order valence-corrected chi connectivity index (χ1v) is 5.78. The normalized spacial score (nSPS) is 28.1. The second kappa shape index (κ2) is 3.87. The lowest BCUT2D eigenvalue weighted by atomic mass is 9.82. The van der Waals surface area contributed by atoms with Gasteiger partial charge in [0.05, 0.1) is 0 Å². The first-order valence-electron chi connectivity index (χ1n) is 5.78. The second-order valence-corrected chi connectivity index (χ2v) is 4.51. The van der Waals surface area contributed by atoms with Crippen LogP contribution in [-0.2, 0) is 0 Å². The van der Waals surface area contributed by atoms with Crippen molar-refractivity contribution in [2.45, 2.75) is 12.5 Å². The summed E-state index contributed by atoms with van der Waals surface area (Å²) in [6.07, 6.45) is 4.54. The molecule has 4 nitrogen and oxygen atoms in total. The molecule has 84 valence electrons. The molecule has 2 aliphatic heterocycles. The molecular weight excluding hydrogens is 202 g/mol. The number of rotatable bonds is 1. The maximum absolute atomic E-state index is 12.2. The van der Waals surface area contributed by atoms with Crippen molar-refractivity contribution in [2.24, 2.45) is 5.92 Å². The molecule has 2 saturated heterocycles. The number of nitrogens with zero attached hydrogens (tertiary/aromatic N) is 2. The van der Waals surface area contributed by atoms with Crippen LogP contribution in [0.4, 0.5) is 0 Å². The predicted octanol–water partition coefficient (Wildman–Crippen LogP) is 0.515. The van der Waals surface area contributed by atoms with Gasteiger partial charge in [0.1, 0.15) is 0 Å². The molecule has 16 heavy (non-hydrogen) atoms. The van der Waals surface area contributed by atoms with Crippen LogP contribution in [0.25, 0.3) is 0 Å². The van der Waals surface area contributed by atoms with Crippen LogP contribution in [0.15, 0.2) is 24.5 Å². The van der Waals surface area contributed by atoms with Gasteiger partial charge in [0, 0.05) is 37.1 Å². The van der Waals surface area contributed by atoms with Crippen molar-refractivity contribution < 1.29 is 4.79 Å². The van der Waals surface area contributed by atoms with Gasteiger partial charge in [0.2, 0.25) is 0 Å². The molecule has 0 spiro atoms. The van der Waals surface area contributed by atoms with E-state index in [0.717, 1.165) is 25.2 Å². The zero-order chi connectivity index (χ0) is 11.0. The van der Waals surface area contributed by atoms with E-state index in [9.17, 15) is 4.79 Å². The second-order valence-electron chi connectivity index (χ2n) is 4.51. The average molecular weight is 217 g/mol. The zero-order valence-corrected chi connectivity index (χ0v) is 9.10. The van der Waals surface area contributed by atoms with Gasteiger partial charge < -0.3 is 10.2 Å². The summed E-state index contributed by atoms with van der Waals surface area (Å²) in [7, 11) is 0. The Hall–Kier alpha value is -1.42. The molecule has 2 fully saturated rings. The Morgan fingerprint density at radius 2 is 2.25 bits per heavy atom. The molecule has 3 rings (SSSR count). The first kappa shape index (κ1) is 9.78. The van der Waals surface area contributed by atoms with Crippen molar-refractivity contribution >= 4 is 5.91 Å². The van der Waals surface area contributed by atoms with E-state index in [1.807, 2.05) is 4.90 Å². The molecule has 0 saturated carbocycles. The van der Waals surface area contributed by atoms with Crippen molar-refractivity contribution in [3.63, 3.8) is 0 Å². The molecule has 4 heteroatoms. The lowest BCUT2D eigenvalue weighted by molar-refractivity contribution is 0.00280. The third kappa shape index (κ3) is 1.50. The van der Waals surface area contributed by atoms with E-state index in [1.54, 1.807) is 24.5 Å². The molecule has 1 aromatic rings. The molecule has 0 aliphatic carbocycles. The number of piperidine rings is 1. The van der Waals surface area contributed by atoms with Gasteiger partial charge in [0.15, 0.2) is 0 Å². The number of fused-ring (bicyclic) bond motifs is 1. The molecule has 0 aromatic carbocycles. The minimum Gasteiger partial charge on any atom is -0.334 e. The summed E-state index contributed by atoms with van der Waals surface area (Å²) in [4.78, 5) is 18.1. The van der Waals surface area contributed by atoms with Gasteiger partial charge in [-0.2, -0.15) is 0 Å². The van der Waals surface area contributed by atoms with Crippen LogP contribution in [0.1, 0.15) is 16.8 Å². The number of aromatic nitrogens is 1. The standard InChI is InChI=1S/C12H15N3O/c16-12(9-1-4-13-5-2-9)15-8-10-3-6-14-7-11(10)15/h1-2,4-5,10-11,14H,3,6-8H2. The highest BCUT2D eigenvalue weighted by Gasteiger charge is 2.42. The SMILES string of the molecule is O=C(c1ccncc1)N1CC2CCNCC21. The van der Waals surface area contributed by atoms with Gasteiger partial charge in [-0.25, -0.2) is 0 Å². The first-order chi connectivity index (χ1) is 7.86. The summed E-state index contributed by atoms with van der Waals surface area (Å²) in [6, 6.07) is 3.98. The molecule has 2 unspecified atom stereocenters. The van der Waals surface area contributed by atoms with Crippen molar-refractivity contribution in [3.05, 3.63) is 30.1 Å². The fraction of sp³-hybridized carbons (Fsp3) is 0.500. The molecule has 2 atom stereocenters. The number of hydrogen-bond donors (Lipinski definition) is 1. The summed E-state index contributed by atoms with van der Waals surface area (Å²) in [5, 5.41) is 3.35. The van der Waals surface area contributed by atoms with Gasteiger partial charge in [-0.1, -0.05) is 0 Å². The topological polar surface area (TPSA) is 45.2 Å². The molecule has 0 radical (unpaired) electrons. The maximum atomic E-state index is 12.2. The van der Waals surface area contributed by atoms with Gasteiger partial charge in [0.25, 0.3) is 5.91 Å².